The van der Waals surface area contributed by atoms with Gasteiger partial charge >= 0.3 is 5.69 Å². The van der Waals surface area contributed by atoms with Gasteiger partial charge < -0.3 is 10.2 Å². The number of rotatable bonds is 7. The summed E-state index contributed by atoms with van der Waals surface area (Å²) in [5, 5.41) is 14.9. The third-order valence-electron chi connectivity index (χ3n) is 6.38. The maximum Gasteiger partial charge on any atom is 0.353 e. The average molecular weight is 563 g/mol. The summed E-state index contributed by atoms with van der Waals surface area (Å²) in [5.41, 5.74) is 2.20. The van der Waals surface area contributed by atoms with Gasteiger partial charge in [-0.25, -0.2) is 14.4 Å². The van der Waals surface area contributed by atoms with Crippen LogP contribution in [-0.2, 0) is 0 Å². The summed E-state index contributed by atoms with van der Waals surface area (Å²) in [4.78, 5) is 24.2. The lowest BCUT2D eigenvalue weighted by molar-refractivity contribution is -0.383. The minimum absolute atomic E-state index is 0.0508. The molecule has 188 valence electrons. The second-order valence-electron chi connectivity index (χ2n) is 8.65. The lowest BCUT2D eigenvalue weighted by Crippen LogP contribution is -2.48. The topological polar surface area (TPSA) is 87.4 Å². The van der Waals surface area contributed by atoms with Gasteiger partial charge in [0.1, 0.15) is 12.1 Å². The first-order valence-electron chi connectivity index (χ1n) is 11.8. The largest absolute Gasteiger partial charge is 0.353 e. The van der Waals surface area contributed by atoms with E-state index in [4.69, 9.17) is 0 Å². The Morgan fingerprint density at radius 2 is 1.54 bits per heavy atom. The summed E-state index contributed by atoms with van der Waals surface area (Å²) in [7, 11) is 0. The van der Waals surface area contributed by atoms with Crippen LogP contribution in [0.5, 0.6) is 0 Å². The fraction of sp³-hybridized carbons (Fsp3) is 0.185. The predicted octanol–water partition coefficient (Wildman–Crippen LogP) is 5.94. The molecule has 4 aromatic rings. The number of nitrogens with one attached hydrogen (secondary N) is 1. The third-order valence-corrected chi connectivity index (χ3v) is 6.87. The number of aromatic nitrogens is 2. The number of piperazine rings is 1. The Morgan fingerprint density at radius 3 is 2.11 bits per heavy atom. The van der Waals surface area contributed by atoms with E-state index in [2.05, 4.69) is 60.4 Å². The lowest BCUT2D eigenvalue weighted by Gasteiger charge is -2.40. The maximum atomic E-state index is 14.4. The fourth-order valence-corrected chi connectivity index (χ4v) is 4.99. The van der Waals surface area contributed by atoms with Crippen LogP contribution < -0.4 is 10.2 Å². The van der Waals surface area contributed by atoms with Crippen LogP contribution in [0.1, 0.15) is 17.2 Å². The van der Waals surface area contributed by atoms with Crippen LogP contribution >= 0.6 is 15.9 Å². The number of hydrogen-bond donors (Lipinski definition) is 1. The van der Waals surface area contributed by atoms with Gasteiger partial charge in [0.05, 0.1) is 16.7 Å². The highest BCUT2D eigenvalue weighted by molar-refractivity contribution is 9.10. The standard InChI is InChI=1S/C27H24BrFN6O2/c28-21-11-12-23(22(29)17-21)32-26-25(35(36)37)27(31-18-30-26)34-15-13-33(14-16-34)24(19-7-3-1-4-8-19)20-9-5-2-6-10-20/h1-12,17-18,24H,13-16H2,(H,30,31,32). The summed E-state index contributed by atoms with van der Waals surface area (Å²) in [5.74, 6) is -0.383. The van der Waals surface area contributed by atoms with Gasteiger partial charge in [0.25, 0.3) is 0 Å². The van der Waals surface area contributed by atoms with Crippen LogP contribution in [0, 0.1) is 15.9 Å². The van der Waals surface area contributed by atoms with Crippen molar-refractivity contribution in [2.45, 2.75) is 6.04 Å². The highest BCUT2D eigenvalue weighted by Crippen LogP contribution is 2.36. The van der Waals surface area contributed by atoms with Crippen LogP contribution in [0.2, 0.25) is 0 Å². The first-order valence-corrected chi connectivity index (χ1v) is 12.6. The molecule has 0 aliphatic carbocycles. The molecular weight excluding hydrogens is 539 g/mol. The molecule has 0 atom stereocenters. The maximum absolute atomic E-state index is 14.4. The quantitative estimate of drug-likeness (QED) is 0.220. The fourth-order valence-electron chi connectivity index (χ4n) is 4.66. The Hall–Kier alpha value is -3.89. The smallest absolute Gasteiger partial charge is 0.348 e. The Labute approximate surface area is 222 Å². The van der Waals surface area contributed by atoms with Crippen molar-refractivity contribution in [1.82, 2.24) is 14.9 Å². The third kappa shape index (κ3) is 5.45. The summed E-state index contributed by atoms with van der Waals surface area (Å²) in [6, 6.07) is 25.1. The molecule has 2 heterocycles. The van der Waals surface area contributed by atoms with E-state index in [9.17, 15) is 14.5 Å². The SMILES string of the molecule is O=[N+]([O-])c1c(Nc2ccc(Br)cc2F)ncnc1N1CCN(C(c2ccccc2)c2ccccc2)CC1. The first kappa shape index (κ1) is 24.8. The van der Waals surface area contributed by atoms with Crippen molar-refractivity contribution in [2.24, 2.45) is 0 Å². The molecule has 3 aromatic carbocycles. The van der Waals surface area contributed by atoms with Crippen molar-refractivity contribution >= 4 is 38.9 Å². The molecule has 0 radical (unpaired) electrons. The molecule has 1 saturated heterocycles. The highest BCUT2D eigenvalue weighted by Gasteiger charge is 2.32. The molecule has 1 N–H and O–H groups in total. The molecule has 0 amide bonds. The van der Waals surface area contributed by atoms with Crippen LogP contribution in [0.3, 0.4) is 0 Å². The Morgan fingerprint density at radius 1 is 0.919 bits per heavy atom. The molecule has 1 aliphatic heterocycles. The van der Waals surface area contributed by atoms with Gasteiger partial charge in [-0.2, -0.15) is 0 Å². The molecule has 37 heavy (non-hydrogen) atoms. The number of anilines is 3. The molecule has 0 saturated carbocycles. The number of nitro groups is 1. The number of halogens is 2. The van der Waals surface area contributed by atoms with Gasteiger partial charge in [0, 0.05) is 30.7 Å². The molecule has 0 bridgehead atoms. The van der Waals surface area contributed by atoms with Crippen LogP contribution in [-0.4, -0.2) is 46.0 Å². The zero-order valence-electron chi connectivity index (χ0n) is 19.8. The number of hydrogen-bond acceptors (Lipinski definition) is 7. The van der Waals surface area contributed by atoms with E-state index in [1.54, 1.807) is 6.07 Å². The van der Waals surface area contributed by atoms with Gasteiger partial charge in [-0.15, -0.1) is 0 Å². The average Bonchev–Trinajstić information content (AvgIpc) is 2.92. The van der Waals surface area contributed by atoms with E-state index in [0.29, 0.717) is 30.7 Å². The number of benzene rings is 3. The predicted molar refractivity (Wildman–Crippen MR) is 145 cm³/mol. The molecule has 0 spiro atoms. The van der Waals surface area contributed by atoms with Crippen molar-refractivity contribution in [1.29, 1.82) is 0 Å². The molecule has 0 unspecified atom stereocenters. The second-order valence-corrected chi connectivity index (χ2v) is 9.56. The van der Waals surface area contributed by atoms with Crippen molar-refractivity contribution < 1.29 is 9.31 Å². The molecule has 5 rings (SSSR count). The van der Waals surface area contributed by atoms with Crippen molar-refractivity contribution in [2.75, 3.05) is 36.4 Å². The second kappa shape index (κ2) is 11.0. The lowest BCUT2D eigenvalue weighted by atomic mass is 9.96. The summed E-state index contributed by atoms with van der Waals surface area (Å²) in [6.45, 7) is 2.44. The molecule has 10 heteroatoms. The van der Waals surface area contributed by atoms with E-state index >= 15 is 0 Å². The van der Waals surface area contributed by atoms with Gasteiger partial charge in [-0.1, -0.05) is 76.6 Å². The van der Waals surface area contributed by atoms with Crippen molar-refractivity contribution in [3.05, 3.63) is 117 Å². The van der Waals surface area contributed by atoms with E-state index in [1.807, 2.05) is 41.3 Å². The van der Waals surface area contributed by atoms with E-state index < -0.39 is 10.7 Å². The van der Waals surface area contributed by atoms with Crippen LogP contribution in [0.25, 0.3) is 0 Å². The van der Waals surface area contributed by atoms with Crippen LogP contribution in [0.15, 0.2) is 89.7 Å². The number of nitrogens with zero attached hydrogens (tertiary/aromatic N) is 5. The Balaban J connectivity index is 1.40. The van der Waals surface area contributed by atoms with Crippen molar-refractivity contribution in [3.63, 3.8) is 0 Å². The van der Waals surface area contributed by atoms with E-state index in [-0.39, 0.29) is 29.1 Å². The molecular formula is C27H24BrFN6O2. The van der Waals surface area contributed by atoms with Crippen LogP contribution in [0.4, 0.5) is 27.4 Å². The molecule has 1 aliphatic rings. The monoisotopic (exact) mass is 562 g/mol. The van der Waals surface area contributed by atoms with Gasteiger partial charge in [0.2, 0.25) is 11.6 Å². The minimum atomic E-state index is -0.551. The highest BCUT2D eigenvalue weighted by atomic mass is 79.9. The molecule has 1 aromatic heterocycles. The first-order chi connectivity index (χ1) is 18.0. The van der Waals surface area contributed by atoms with E-state index in [1.165, 1.54) is 29.6 Å². The zero-order valence-corrected chi connectivity index (χ0v) is 21.4. The summed E-state index contributed by atoms with van der Waals surface area (Å²) in [6.07, 6.45) is 1.27. The zero-order chi connectivity index (χ0) is 25.8. The van der Waals surface area contributed by atoms with Gasteiger partial charge in [-0.3, -0.25) is 15.0 Å². The summed E-state index contributed by atoms with van der Waals surface area (Å²) >= 11 is 3.22. The minimum Gasteiger partial charge on any atom is -0.348 e. The van der Waals surface area contributed by atoms with Gasteiger partial charge in [0.15, 0.2) is 0 Å². The Kier molecular flexibility index (Phi) is 7.38. The Bertz CT molecular complexity index is 1350. The molecule has 8 nitrogen and oxygen atoms in total. The van der Waals surface area contributed by atoms with E-state index in [0.717, 1.165) is 0 Å². The van der Waals surface area contributed by atoms with Gasteiger partial charge in [-0.05, 0) is 29.3 Å². The van der Waals surface area contributed by atoms with Crippen molar-refractivity contribution in [3.8, 4) is 0 Å². The normalized spacial score (nSPS) is 14.1. The molecule has 1 fully saturated rings. The summed E-state index contributed by atoms with van der Waals surface area (Å²) < 4.78 is 15.0.